The van der Waals surface area contributed by atoms with Crippen LogP contribution in [0.4, 0.5) is 0 Å². The Morgan fingerprint density at radius 1 is 0.655 bits per heavy atom. The average Bonchev–Trinajstić information content (AvgIpc) is 3.21. The van der Waals surface area contributed by atoms with Gasteiger partial charge in [0.2, 0.25) is 0 Å². The molecule has 2 atom stereocenters. The van der Waals surface area contributed by atoms with Crippen molar-refractivity contribution in [2.24, 2.45) is 11.8 Å². The molecule has 0 heterocycles. The van der Waals surface area contributed by atoms with Crippen LogP contribution >= 0.6 is 0 Å². The molecule has 0 nitrogen and oxygen atoms in total. The van der Waals surface area contributed by atoms with Crippen LogP contribution in [0.5, 0.6) is 0 Å². The van der Waals surface area contributed by atoms with Gasteiger partial charge in [-0.05, 0) is 22.9 Å². The smallest absolute Gasteiger partial charge is 0.0771 e. The van der Waals surface area contributed by atoms with Crippen LogP contribution in [0, 0.1) is 11.8 Å². The Morgan fingerprint density at radius 2 is 0.966 bits per heavy atom. The second-order valence-corrected chi connectivity index (χ2v) is 27.5. The Hall–Kier alpha value is -0.389. The van der Waals surface area contributed by atoms with E-state index in [0.29, 0.717) is 11.8 Å². The van der Waals surface area contributed by atoms with E-state index in [-0.39, 0.29) is 0 Å². The van der Waals surface area contributed by atoms with E-state index >= 15 is 0 Å². The summed E-state index contributed by atoms with van der Waals surface area (Å²) < 4.78 is 0. The van der Waals surface area contributed by atoms with Crippen molar-refractivity contribution in [3.63, 3.8) is 0 Å². The quantitative estimate of drug-likeness (QED) is 0.327. The maximum absolute atomic E-state index is 2.79. The van der Waals surface area contributed by atoms with Crippen LogP contribution in [0.2, 0.25) is 62.5 Å². The van der Waals surface area contributed by atoms with Crippen molar-refractivity contribution in [2.75, 3.05) is 0 Å². The highest BCUT2D eigenvalue weighted by molar-refractivity contribution is 6.88. The minimum absolute atomic E-state index is 0.656. The first-order valence-corrected chi connectivity index (χ1v) is 21.6. The zero-order valence-electron chi connectivity index (χ0n) is 21.5. The first-order chi connectivity index (χ1) is 13.2. The van der Waals surface area contributed by atoms with Crippen LogP contribution in [0.1, 0.15) is 41.5 Å². The molecule has 0 aromatic heterocycles. The fourth-order valence-corrected chi connectivity index (χ4v) is 14.2. The highest BCUT2D eigenvalue weighted by Crippen LogP contribution is 2.56. The highest BCUT2D eigenvalue weighted by atomic mass is 28.3. The van der Waals surface area contributed by atoms with Crippen molar-refractivity contribution in [3.05, 3.63) is 45.8 Å². The molecule has 0 spiro atoms. The van der Waals surface area contributed by atoms with E-state index in [2.05, 4.69) is 105 Å². The number of hydrogen-bond donors (Lipinski definition) is 0. The molecule has 0 aliphatic heterocycles. The van der Waals surface area contributed by atoms with Crippen molar-refractivity contribution in [3.8, 4) is 0 Å². The normalized spacial score (nSPS) is 23.5. The monoisotopic (exact) mass is 444 g/mol. The van der Waals surface area contributed by atoms with Crippen LogP contribution in [0.3, 0.4) is 0 Å². The molecule has 0 aromatic rings. The lowest BCUT2D eigenvalue weighted by molar-refractivity contribution is 0.718. The topological polar surface area (TPSA) is 0 Å². The second-order valence-electron chi connectivity index (χ2n) is 12.2. The fourth-order valence-electron chi connectivity index (χ4n) is 5.49. The molecule has 29 heavy (non-hydrogen) atoms. The van der Waals surface area contributed by atoms with Gasteiger partial charge in [-0.15, -0.1) is 0 Å². The van der Waals surface area contributed by atoms with Gasteiger partial charge in [-0.25, -0.2) is 0 Å². The maximum atomic E-state index is 2.79. The second kappa shape index (κ2) is 8.63. The molecule has 0 saturated heterocycles. The average molecular weight is 445 g/mol. The van der Waals surface area contributed by atoms with Crippen LogP contribution in [-0.4, -0.2) is 24.2 Å². The van der Waals surface area contributed by atoms with Gasteiger partial charge in [0.1, 0.15) is 0 Å². The van der Waals surface area contributed by atoms with Crippen LogP contribution in [0.25, 0.3) is 0 Å². The Bertz CT molecular complexity index is 669. The van der Waals surface area contributed by atoms with Gasteiger partial charge in [0, 0.05) is 0 Å². The summed E-state index contributed by atoms with van der Waals surface area (Å²) >= 11 is 0. The van der Waals surface area contributed by atoms with Crippen LogP contribution < -0.4 is 0 Å². The Kier molecular flexibility index (Phi) is 7.40. The number of rotatable bonds is 8. The summed E-state index contributed by atoms with van der Waals surface area (Å²) in [5.41, 5.74) is 4.97. The van der Waals surface area contributed by atoms with Crippen molar-refractivity contribution >= 4 is 24.2 Å². The van der Waals surface area contributed by atoms with Crippen molar-refractivity contribution in [2.45, 2.75) is 104 Å². The van der Waals surface area contributed by atoms with Gasteiger partial charge in [-0.2, -0.15) is 0 Å². The summed E-state index contributed by atoms with van der Waals surface area (Å²) in [5, 5.41) is 3.43. The van der Waals surface area contributed by atoms with Gasteiger partial charge in [0.15, 0.2) is 0 Å². The third-order valence-electron chi connectivity index (χ3n) is 7.68. The van der Waals surface area contributed by atoms with E-state index in [0.717, 1.165) is 11.1 Å². The molecular formula is C26H48Si3. The molecular weight excluding hydrogens is 397 g/mol. The summed E-state index contributed by atoms with van der Waals surface area (Å²) in [4.78, 5) is 0. The van der Waals surface area contributed by atoms with Gasteiger partial charge < -0.3 is 0 Å². The standard InChI is InChI=1S/C26H48Si3/c1-13-29(14-2,25-17-21(27(7,8)9)15-23(25)19(3)4)26-18-22(28(10,11)12)16-24(26)20(5)6/h15-20,25-26H,13-14H2,1-12H3. The van der Waals surface area contributed by atoms with Crippen molar-refractivity contribution < 1.29 is 0 Å². The van der Waals surface area contributed by atoms with Gasteiger partial charge >= 0.3 is 0 Å². The zero-order chi connectivity index (χ0) is 22.4. The first kappa shape index (κ1) is 24.9. The molecule has 2 unspecified atom stereocenters. The third kappa shape index (κ3) is 4.77. The molecule has 3 heteroatoms. The molecule has 2 aliphatic rings. The van der Waals surface area contributed by atoms with Crippen molar-refractivity contribution in [1.29, 1.82) is 0 Å². The lowest BCUT2D eigenvalue weighted by Crippen LogP contribution is -2.44. The first-order valence-electron chi connectivity index (χ1n) is 12.1. The SMILES string of the molecule is CC[Si](CC)(C1C=C([Si](C)(C)C)C=C1C(C)C)C1C=C([Si](C)(C)C)C=C1C(C)C. The van der Waals surface area contributed by atoms with Crippen molar-refractivity contribution in [1.82, 2.24) is 0 Å². The van der Waals surface area contributed by atoms with Crippen LogP contribution in [0.15, 0.2) is 45.8 Å². The van der Waals surface area contributed by atoms with Gasteiger partial charge in [0.05, 0.1) is 24.2 Å². The molecule has 0 bridgehead atoms. The molecule has 0 radical (unpaired) electrons. The molecule has 164 valence electrons. The van der Waals surface area contributed by atoms with E-state index in [4.69, 9.17) is 0 Å². The van der Waals surface area contributed by atoms with Crippen LogP contribution in [-0.2, 0) is 0 Å². The summed E-state index contributed by atoms with van der Waals surface area (Å²) in [6.45, 7) is 29.9. The van der Waals surface area contributed by atoms with E-state index < -0.39 is 24.2 Å². The van der Waals surface area contributed by atoms with Gasteiger partial charge in [0.25, 0.3) is 0 Å². The molecule has 2 aliphatic carbocycles. The largest absolute Gasteiger partial charge is 0.0807 e. The number of allylic oxidation sites excluding steroid dienone is 8. The van der Waals surface area contributed by atoms with E-state index in [9.17, 15) is 0 Å². The lowest BCUT2D eigenvalue weighted by Gasteiger charge is -2.44. The Balaban J connectivity index is 2.67. The summed E-state index contributed by atoms with van der Waals surface area (Å²) in [6, 6.07) is 2.77. The third-order valence-corrected chi connectivity index (χ3v) is 17.9. The Morgan fingerprint density at radius 3 is 1.17 bits per heavy atom. The summed E-state index contributed by atoms with van der Waals surface area (Å²) in [5.74, 6) is 1.31. The maximum Gasteiger partial charge on any atom is 0.0771 e. The molecule has 0 saturated carbocycles. The van der Waals surface area contributed by atoms with Gasteiger partial charge in [-0.3, -0.25) is 0 Å². The highest BCUT2D eigenvalue weighted by Gasteiger charge is 2.50. The minimum atomic E-state index is -1.62. The van der Waals surface area contributed by atoms with E-state index in [1.165, 1.54) is 12.1 Å². The molecule has 2 rings (SSSR count). The Labute approximate surface area is 185 Å². The fraction of sp³-hybridized carbons (Fsp3) is 0.692. The molecule has 0 aromatic carbocycles. The predicted octanol–water partition coefficient (Wildman–Crippen LogP) is 9.02. The van der Waals surface area contributed by atoms with Gasteiger partial charge in [-0.1, -0.05) is 139 Å². The predicted molar refractivity (Wildman–Crippen MR) is 143 cm³/mol. The summed E-state index contributed by atoms with van der Waals surface area (Å²) in [6.07, 6.45) is 10.9. The molecule has 0 amide bonds. The lowest BCUT2D eigenvalue weighted by atomic mass is 10.0. The summed E-state index contributed by atoms with van der Waals surface area (Å²) in [7, 11) is -4.21. The molecule has 0 N–H and O–H groups in total. The molecule has 0 fully saturated rings. The van der Waals surface area contributed by atoms with E-state index in [1.807, 2.05) is 0 Å². The zero-order valence-corrected chi connectivity index (χ0v) is 24.5. The number of hydrogen-bond acceptors (Lipinski definition) is 0. The minimum Gasteiger partial charge on any atom is -0.0807 e. The van der Waals surface area contributed by atoms with E-state index in [1.54, 1.807) is 21.5 Å².